The van der Waals surface area contributed by atoms with E-state index in [0.29, 0.717) is 36.9 Å². The van der Waals surface area contributed by atoms with Gasteiger partial charge >= 0.3 is 0 Å². The number of rotatable bonds is 8. The largest absolute Gasteiger partial charge is 0.497 e. The number of sulfonamides is 1. The summed E-state index contributed by atoms with van der Waals surface area (Å²) in [4.78, 5) is 12.4. The first kappa shape index (κ1) is 26.1. The first-order valence-electron chi connectivity index (χ1n) is 12.9. The van der Waals surface area contributed by atoms with Crippen LogP contribution in [0.5, 0.6) is 5.75 Å². The first-order valence-corrected chi connectivity index (χ1v) is 14.3. The molecule has 0 spiro atoms. The average molecular weight is 532 g/mol. The van der Waals surface area contributed by atoms with Crippen LogP contribution in [0.3, 0.4) is 0 Å². The monoisotopic (exact) mass is 531 g/mol. The van der Waals surface area contributed by atoms with Crippen LogP contribution in [0.15, 0.2) is 77.7 Å². The Labute approximate surface area is 224 Å². The van der Waals surface area contributed by atoms with E-state index in [2.05, 4.69) is 24.1 Å². The van der Waals surface area contributed by atoms with Gasteiger partial charge in [0.25, 0.3) is 0 Å². The van der Waals surface area contributed by atoms with Gasteiger partial charge in [-0.1, -0.05) is 31.2 Å². The van der Waals surface area contributed by atoms with Crippen LogP contribution in [0.4, 0.5) is 11.5 Å². The molecule has 3 aromatic carbocycles. The SMILES string of the molecule is CCc1ccc(S(=O)(=O)N2CCN([C@H](C)c3nc(Nc4ccc(OC)cc4)c4ccccc4n3)CC2)cc1. The summed E-state index contributed by atoms with van der Waals surface area (Å²) in [7, 11) is -1.87. The fourth-order valence-electron chi connectivity index (χ4n) is 4.73. The van der Waals surface area contributed by atoms with Crippen LogP contribution in [0.25, 0.3) is 10.9 Å². The molecule has 1 aliphatic rings. The number of aryl methyl sites for hydroxylation is 1. The van der Waals surface area contributed by atoms with E-state index in [0.717, 1.165) is 40.1 Å². The molecule has 1 atom stereocenters. The molecule has 0 radical (unpaired) electrons. The number of methoxy groups -OCH3 is 1. The minimum atomic E-state index is -3.52. The molecule has 0 unspecified atom stereocenters. The zero-order chi connectivity index (χ0) is 26.7. The summed E-state index contributed by atoms with van der Waals surface area (Å²) in [6.07, 6.45) is 0.880. The topological polar surface area (TPSA) is 87.7 Å². The van der Waals surface area contributed by atoms with E-state index in [4.69, 9.17) is 14.7 Å². The highest BCUT2D eigenvalue weighted by molar-refractivity contribution is 7.89. The van der Waals surface area contributed by atoms with Gasteiger partial charge in [0.1, 0.15) is 17.4 Å². The van der Waals surface area contributed by atoms with E-state index in [1.54, 1.807) is 23.5 Å². The number of ether oxygens (including phenoxy) is 1. The molecule has 198 valence electrons. The van der Waals surface area contributed by atoms with Gasteiger partial charge in [-0.3, -0.25) is 4.90 Å². The second-order valence-corrected chi connectivity index (χ2v) is 11.4. The average Bonchev–Trinajstić information content (AvgIpc) is 2.97. The molecule has 0 saturated carbocycles. The van der Waals surface area contributed by atoms with Crippen LogP contribution >= 0.6 is 0 Å². The van der Waals surface area contributed by atoms with Crippen LogP contribution in [-0.2, 0) is 16.4 Å². The lowest BCUT2D eigenvalue weighted by Crippen LogP contribution is -2.49. The van der Waals surface area contributed by atoms with E-state index in [1.165, 1.54) is 0 Å². The molecule has 0 aliphatic carbocycles. The molecule has 9 heteroatoms. The number of hydrogen-bond acceptors (Lipinski definition) is 7. The van der Waals surface area contributed by atoms with Crippen LogP contribution in [0.2, 0.25) is 0 Å². The summed E-state index contributed by atoms with van der Waals surface area (Å²) in [5, 5.41) is 4.37. The van der Waals surface area contributed by atoms with Crippen molar-refractivity contribution in [2.75, 3.05) is 38.6 Å². The number of aromatic nitrogens is 2. The Morgan fingerprint density at radius 2 is 1.61 bits per heavy atom. The van der Waals surface area contributed by atoms with Gasteiger partial charge in [0.15, 0.2) is 0 Å². The zero-order valence-electron chi connectivity index (χ0n) is 22.0. The molecule has 1 N–H and O–H groups in total. The molecular formula is C29H33N5O3S. The summed E-state index contributed by atoms with van der Waals surface area (Å²) < 4.78 is 33.3. The number of benzene rings is 3. The number of piperazine rings is 1. The maximum atomic E-state index is 13.2. The molecule has 2 heterocycles. The molecular weight excluding hydrogens is 498 g/mol. The molecule has 8 nitrogen and oxygen atoms in total. The second-order valence-electron chi connectivity index (χ2n) is 9.41. The highest BCUT2D eigenvalue weighted by Crippen LogP contribution is 2.29. The predicted octanol–water partition coefficient (Wildman–Crippen LogP) is 5.01. The Morgan fingerprint density at radius 1 is 0.921 bits per heavy atom. The first-order chi connectivity index (χ1) is 18.4. The van der Waals surface area contributed by atoms with E-state index < -0.39 is 10.0 Å². The fraction of sp³-hybridized carbons (Fsp3) is 0.310. The Morgan fingerprint density at radius 3 is 2.26 bits per heavy atom. The molecule has 0 amide bonds. The minimum Gasteiger partial charge on any atom is -0.497 e. The number of nitrogens with zero attached hydrogens (tertiary/aromatic N) is 4. The molecule has 38 heavy (non-hydrogen) atoms. The van der Waals surface area contributed by atoms with Gasteiger partial charge in [0.2, 0.25) is 10.0 Å². The van der Waals surface area contributed by atoms with Crippen molar-refractivity contribution in [3.63, 3.8) is 0 Å². The van der Waals surface area contributed by atoms with Gasteiger partial charge in [-0.15, -0.1) is 0 Å². The van der Waals surface area contributed by atoms with Gasteiger partial charge < -0.3 is 10.1 Å². The van der Waals surface area contributed by atoms with Crippen LogP contribution in [-0.4, -0.2) is 60.9 Å². The van der Waals surface area contributed by atoms with Crippen molar-refractivity contribution < 1.29 is 13.2 Å². The van der Waals surface area contributed by atoms with E-state index in [1.807, 2.05) is 60.7 Å². The number of hydrogen-bond donors (Lipinski definition) is 1. The highest BCUT2D eigenvalue weighted by atomic mass is 32.2. The van der Waals surface area contributed by atoms with Crippen molar-refractivity contribution in [2.24, 2.45) is 0 Å². The second kappa shape index (κ2) is 11.1. The summed E-state index contributed by atoms with van der Waals surface area (Å²) in [6.45, 7) is 6.19. The Hall–Kier alpha value is -3.53. The van der Waals surface area contributed by atoms with Gasteiger partial charge in [0, 0.05) is 37.3 Å². The Balaban J connectivity index is 1.33. The van der Waals surface area contributed by atoms with Crippen molar-refractivity contribution in [1.82, 2.24) is 19.2 Å². The minimum absolute atomic E-state index is 0.0790. The third kappa shape index (κ3) is 5.36. The van der Waals surface area contributed by atoms with Crippen molar-refractivity contribution in [3.8, 4) is 5.75 Å². The predicted molar refractivity (Wildman–Crippen MR) is 150 cm³/mol. The molecule has 1 saturated heterocycles. The number of nitrogens with one attached hydrogen (secondary N) is 1. The van der Waals surface area contributed by atoms with E-state index in [9.17, 15) is 8.42 Å². The maximum absolute atomic E-state index is 13.2. The molecule has 1 aromatic heterocycles. The lowest BCUT2D eigenvalue weighted by Gasteiger charge is -2.36. The van der Waals surface area contributed by atoms with Crippen molar-refractivity contribution >= 4 is 32.4 Å². The van der Waals surface area contributed by atoms with Crippen LogP contribution in [0, 0.1) is 0 Å². The number of para-hydroxylation sites is 1. The number of anilines is 2. The lowest BCUT2D eigenvalue weighted by atomic mass is 10.2. The highest BCUT2D eigenvalue weighted by Gasteiger charge is 2.31. The smallest absolute Gasteiger partial charge is 0.243 e. The zero-order valence-corrected chi connectivity index (χ0v) is 22.8. The standard InChI is InChI=1S/C29H33N5O3S/c1-4-22-9-15-25(16-10-22)38(35,36)34-19-17-33(18-20-34)21(2)28-31-27-8-6-5-7-26(27)29(32-28)30-23-11-13-24(37-3)14-12-23/h5-16,21H,4,17-20H2,1-3H3,(H,30,31,32)/t21-/m1/s1. The molecule has 1 fully saturated rings. The molecule has 4 aromatic rings. The van der Waals surface area contributed by atoms with Crippen molar-refractivity contribution in [1.29, 1.82) is 0 Å². The van der Waals surface area contributed by atoms with Gasteiger partial charge in [-0.25, -0.2) is 18.4 Å². The maximum Gasteiger partial charge on any atom is 0.243 e. The summed E-state index contributed by atoms with van der Waals surface area (Å²) in [5.74, 6) is 2.22. The molecule has 0 bridgehead atoms. The van der Waals surface area contributed by atoms with Crippen molar-refractivity contribution in [2.45, 2.75) is 31.2 Å². The van der Waals surface area contributed by atoms with Gasteiger partial charge in [-0.05, 0) is 67.4 Å². The van der Waals surface area contributed by atoms with Crippen LogP contribution in [0.1, 0.15) is 31.3 Å². The fourth-order valence-corrected chi connectivity index (χ4v) is 6.15. The summed E-state index contributed by atoms with van der Waals surface area (Å²) >= 11 is 0. The molecule has 1 aliphatic heterocycles. The van der Waals surface area contributed by atoms with Crippen molar-refractivity contribution in [3.05, 3.63) is 84.2 Å². The Bertz CT molecular complexity index is 1500. The quantitative estimate of drug-likeness (QED) is 0.342. The lowest BCUT2D eigenvalue weighted by molar-refractivity contribution is 0.141. The summed E-state index contributed by atoms with van der Waals surface area (Å²) in [5.41, 5.74) is 2.88. The van der Waals surface area contributed by atoms with Gasteiger partial charge in [0.05, 0.1) is 23.6 Å². The summed E-state index contributed by atoms with van der Waals surface area (Å²) in [6, 6.07) is 22.8. The number of fused-ring (bicyclic) bond motifs is 1. The normalized spacial score (nSPS) is 15.9. The van der Waals surface area contributed by atoms with Gasteiger partial charge in [-0.2, -0.15) is 4.31 Å². The molecule has 5 rings (SSSR count). The van der Waals surface area contributed by atoms with E-state index in [-0.39, 0.29) is 6.04 Å². The third-order valence-electron chi connectivity index (χ3n) is 7.14. The van der Waals surface area contributed by atoms with E-state index >= 15 is 0 Å². The Kier molecular flexibility index (Phi) is 7.60. The third-order valence-corrected chi connectivity index (χ3v) is 9.05. The van der Waals surface area contributed by atoms with Crippen LogP contribution < -0.4 is 10.1 Å².